The van der Waals surface area contributed by atoms with Gasteiger partial charge in [0.25, 0.3) is 0 Å². The second-order valence-electron chi connectivity index (χ2n) is 4.61. The summed E-state index contributed by atoms with van der Waals surface area (Å²) in [6, 6.07) is 4.01. The van der Waals surface area contributed by atoms with Gasteiger partial charge in [0, 0.05) is 6.54 Å². The first-order valence-electron chi connectivity index (χ1n) is 6.17. The maximum atomic E-state index is 12.1. The van der Waals surface area contributed by atoms with Crippen LogP contribution >= 0.6 is 11.6 Å². The lowest BCUT2D eigenvalue weighted by molar-refractivity contribution is -0.142. The third-order valence-electron chi connectivity index (χ3n) is 3.25. The number of benzene rings is 1. The summed E-state index contributed by atoms with van der Waals surface area (Å²) in [5.74, 6) is -0.923. The van der Waals surface area contributed by atoms with Crippen molar-refractivity contribution in [2.24, 2.45) is 0 Å². The minimum atomic E-state index is -2.92. The Morgan fingerprint density at radius 1 is 1.55 bits per heavy atom. The van der Waals surface area contributed by atoms with Crippen LogP contribution in [-0.4, -0.2) is 35.2 Å². The Bertz CT molecular complexity index is 499. The number of rotatable bonds is 5. The fourth-order valence-corrected chi connectivity index (χ4v) is 2.61. The van der Waals surface area contributed by atoms with Crippen LogP contribution in [0, 0.1) is 0 Å². The zero-order valence-corrected chi connectivity index (χ0v) is 11.3. The van der Waals surface area contributed by atoms with Gasteiger partial charge in [-0.25, -0.2) is 0 Å². The zero-order valence-electron chi connectivity index (χ0n) is 10.6. The molecule has 1 heterocycles. The van der Waals surface area contributed by atoms with Gasteiger partial charge < -0.3 is 9.84 Å². The van der Waals surface area contributed by atoms with Gasteiger partial charge in [-0.1, -0.05) is 17.7 Å². The summed E-state index contributed by atoms with van der Waals surface area (Å²) in [5.41, 5.74) is 0.768. The second-order valence-corrected chi connectivity index (χ2v) is 5.02. The molecule has 20 heavy (non-hydrogen) atoms. The molecule has 0 bridgehead atoms. The van der Waals surface area contributed by atoms with Gasteiger partial charge in [0.15, 0.2) is 0 Å². The highest BCUT2D eigenvalue weighted by Crippen LogP contribution is 2.28. The van der Waals surface area contributed by atoms with E-state index in [0.717, 1.165) is 12.0 Å². The molecular weight excluding hydrogens is 292 g/mol. The number of carbonyl (C=O) groups is 1. The molecule has 0 aromatic heterocycles. The molecule has 2 rings (SSSR count). The largest absolute Gasteiger partial charge is 0.480 e. The Labute approximate surface area is 119 Å². The standard InChI is InChI=1S/C13H14ClF2NO3/c14-9-6-8(3-4-11(9)20-13(15)16)7-17-5-1-2-10(17)12(18)19/h3-4,6,10,13H,1-2,5,7H2,(H,18,19). The Morgan fingerprint density at radius 2 is 2.30 bits per heavy atom. The van der Waals surface area contributed by atoms with Crippen LogP contribution in [0.1, 0.15) is 18.4 Å². The van der Waals surface area contributed by atoms with E-state index in [1.807, 2.05) is 4.90 Å². The van der Waals surface area contributed by atoms with Crippen molar-refractivity contribution in [1.29, 1.82) is 0 Å². The predicted molar refractivity (Wildman–Crippen MR) is 69.2 cm³/mol. The third-order valence-corrected chi connectivity index (χ3v) is 3.54. The smallest absolute Gasteiger partial charge is 0.387 e. The average Bonchev–Trinajstić information content (AvgIpc) is 2.80. The summed E-state index contributed by atoms with van der Waals surface area (Å²) < 4.78 is 28.5. The number of hydrogen-bond donors (Lipinski definition) is 1. The lowest BCUT2D eigenvalue weighted by Crippen LogP contribution is -2.35. The molecule has 1 fully saturated rings. The Balaban J connectivity index is 2.06. The number of carboxylic acid groups (broad SMARTS) is 1. The fourth-order valence-electron chi connectivity index (χ4n) is 2.36. The molecule has 1 aliphatic heterocycles. The van der Waals surface area contributed by atoms with Crippen LogP contribution in [0.2, 0.25) is 5.02 Å². The Kier molecular flexibility index (Phi) is 4.77. The molecule has 1 saturated heterocycles. The molecule has 110 valence electrons. The number of hydrogen-bond acceptors (Lipinski definition) is 3. The van der Waals surface area contributed by atoms with Crippen LogP contribution in [0.4, 0.5) is 8.78 Å². The van der Waals surface area contributed by atoms with Gasteiger partial charge in [0.1, 0.15) is 11.8 Å². The number of likely N-dealkylation sites (tertiary alicyclic amines) is 1. The molecule has 0 saturated carbocycles. The summed E-state index contributed by atoms with van der Waals surface area (Å²) in [6.07, 6.45) is 1.45. The van der Waals surface area contributed by atoms with Crippen molar-refractivity contribution in [3.63, 3.8) is 0 Å². The van der Waals surface area contributed by atoms with Crippen LogP contribution in [0.15, 0.2) is 18.2 Å². The van der Waals surface area contributed by atoms with E-state index >= 15 is 0 Å². The first-order chi connectivity index (χ1) is 9.47. The Hall–Kier alpha value is -1.40. The summed E-state index contributed by atoms with van der Waals surface area (Å²) in [7, 11) is 0. The highest BCUT2D eigenvalue weighted by Gasteiger charge is 2.30. The first-order valence-corrected chi connectivity index (χ1v) is 6.55. The number of carboxylic acids is 1. The summed E-state index contributed by atoms with van der Waals surface area (Å²) >= 11 is 5.86. The van der Waals surface area contributed by atoms with Crippen molar-refractivity contribution in [2.75, 3.05) is 6.54 Å². The fraction of sp³-hybridized carbons (Fsp3) is 0.462. The van der Waals surface area contributed by atoms with Crippen molar-refractivity contribution in [3.05, 3.63) is 28.8 Å². The molecule has 1 unspecified atom stereocenters. The molecule has 1 aromatic rings. The van der Waals surface area contributed by atoms with E-state index in [-0.39, 0.29) is 10.8 Å². The van der Waals surface area contributed by atoms with E-state index in [1.54, 1.807) is 6.07 Å². The second kappa shape index (κ2) is 6.37. The van der Waals surface area contributed by atoms with E-state index in [2.05, 4.69) is 4.74 Å². The van der Waals surface area contributed by atoms with Crippen molar-refractivity contribution in [3.8, 4) is 5.75 Å². The van der Waals surface area contributed by atoms with Gasteiger partial charge in [-0.15, -0.1) is 0 Å². The number of nitrogens with zero attached hydrogens (tertiary/aromatic N) is 1. The lowest BCUT2D eigenvalue weighted by Gasteiger charge is -2.21. The molecule has 7 heteroatoms. The first kappa shape index (κ1) is 15.0. The van der Waals surface area contributed by atoms with E-state index in [4.69, 9.17) is 16.7 Å². The van der Waals surface area contributed by atoms with Crippen molar-refractivity contribution >= 4 is 17.6 Å². The van der Waals surface area contributed by atoms with Crippen LogP contribution < -0.4 is 4.74 Å². The van der Waals surface area contributed by atoms with Crippen LogP contribution in [0.3, 0.4) is 0 Å². The monoisotopic (exact) mass is 305 g/mol. The maximum Gasteiger partial charge on any atom is 0.387 e. The van der Waals surface area contributed by atoms with Gasteiger partial charge in [0.05, 0.1) is 5.02 Å². The normalized spacial score (nSPS) is 19.5. The maximum absolute atomic E-state index is 12.1. The van der Waals surface area contributed by atoms with Gasteiger partial charge in [-0.05, 0) is 37.1 Å². The summed E-state index contributed by atoms with van der Waals surface area (Å²) in [4.78, 5) is 12.9. The predicted octanol–water partition coefficient (Wildman–Crippen LogP) is 2.99. The van der Waals surface area contributed by atoms with Gasteiger partial charge >= 0.3 is 12.6 Å². The number of halogens is 3. The lowest BCUT2D eigenvalue weighted by atomic mass is 10.2. The summed E-state index contributed by atoms with van der Waals surface area (Å²) in [6.45, 7) is -1.80. The molecule has 1 aromatic carbocycles. The van der Waals surface area contributed by atoms with Gasteiger partial charge in [0.2, 0.25) is 0 Å². The molecule has 0 amide bonds. The third kappa shape index (κ3) is 3.58. The van der Waals surface area contributed by atoms with Crippen molar-refractivity contribution in [1.82, 2.24) is 4.90 Å². The number of ether oxygens (including phenoxy) is 1. The van der Waals surface area contributed by atoms with Gasteiger partial charge in [-0.2, -0.15) is 8.78 Å². The molecule has 4 nitrogen and oxygen atoms in total. The molecule has 0 spiro atoms. The topological polar surface area (TPSA) is 49.8 Å². The van der Waals surface area contributed by atoms with E-state index in [1.165, 1.54) is 12.1 Å². The van der Waals surface area contributed by atoms with Crippen LogP contribution in [0.25, 0.3) is 0 Å². The molecular formula is C13H14ClF2NO3. The van der Waals surface area contributed by atoms with Crippen LogP contribution in [-0.2, 0) is 11.3 Å². The summed E-state index contributed by atoms with van der Waals surface area (Å²) in [5, 5.41) is 9.18. The molecule has 0 radical (unpaired) electrons. The highest BCUT2D eigenvalue weighted by atomic mass is 35.5. The number of aliphatic carboxylic acids is 1. The van der Waals surface area contributed by atoms with E-state index in [0.29, 0.717) is 19.5 Å². The van der Waals surface area contributed by atoms with E-state index in [9.17, 15) is 13.6 Å². The van der Waals surface area contributed by atoms with Crippen LogP contribution in [0.5, 0.6) is 5.75 Å². The SMILES string of the molecule is O=C(O)C1CCCN1Cc1ccc(OC(F)F)c(Cl)c1. The zero-order chi connectivity index (χ0) is 14.7. The minimum Gasteiger partial charge on any atom is -0.480 e. The molecule has 1 atom stereocenters. The van der Waals surface area contributed by atoms with Crippen molar-refractivity contribution < 1.29 is 23.4 Å². The molecule has 0 aliphatic carbocycles. The minimum absolute atomic E-state index is 0.0818. The van der Waals surface area contributed by atoms with E-state index < -0.39 is 18.6 Å². The quantitative estimate of drug-likeness (QED) is 0.908. The van der Waals surface area contributed by atoms with Crippen molar-refractivity contribution in [2.45, 2.75) is 32.0 Å². The molecule has 1 aliphatic rings. The highest BCUT2D eigenvalue weighted by molar-refractivity contribution is 6.32. The van der Waals surface area contributed by atoms with Gasteiger partial charge in [-0.3, -0.25) is 9.69 Å². The molecule has 1 N–H and O–H groups in total. The number of alkyl halides is 2. The Morgan fingerprint density at radius 3 is 2.90 bits per heavy atom. The average molecular weight is 306 g/mol.